The van der Waals surface area contributed by atoms with Gasteiger partial charge in [-0.1, -0.05) is 0 Å². The molecule has 1 aliphatic heterocycles. The molecule has 7 heteroatoms. The third-order valence-electron chi connectivity index (χ3n) is 3.08. The molecule has 0 saturated carbocycles. The van der Waals surface area contributed by atoms with Gasteiger partial charge in [-0.25, -0.2) is 9.59 Å². The highest BCUT2D eigenvalue weighted by atomic mass is 16.5. The highest BCUT2D eigenvalue weighted by molar-refractivity contribution is 5.82. The van der Waals surface area contributed by atoms with Crippen LogP contribution in [0.25, 0.3) is 0 Å². The molecule has 1 fully saturated rings. The fraction of sp³-hybridized carbons (Fsp3) is 0.833. The van der Waals surface area contributed by atoms with Gasteiger partial charge in [0.1, 0.15) is 6.04 Å². The first-order chi connectivity index (χ1) is 9.13. The van der Waals surface area contributed by atoms with Crippen molar-refractivity contribution < 1.29 is 24.2 Å². The highest BCUT2D eigenvalue weighted by Crippen LogP contribution is 2.14. The normalized spacial score (nSPS) is 19.9. The van der Waals surface area contributed by atoms with E-state index >= 15 is 0 Å². The summed E-state index contributed by atoms with van der Waals surface area (Å²) in [5, 5.41) is 14.0. The topological polar surface area (TPSA) is 96.9 Å². The zero-order valence-electron chi connectivity index (χ0n) is 11.2. The number of rotatable bonds is 8. The lowest BCUT2D eigenvalue weighted by Gasteiger charge is -2.15. The zero-order chi connectivity index (χ0) is 14.1. The molecule has 0 aromatic heterocycles. The maximum Gasteiger partial charge on any atom is 0.326 e. The first-order valence-corrected chi connectivity index (χ1v) is 6.47. The average molecular weight is 274 g/mol. The summed E-state index contributed by atoms with van der Waals surface area (Å²) in [6.07, 6.45) is 2.12. The molecular formula is C12H22N2O5. The van der Waals surface area contributed by atoms with Crippen LogP contribution in [0, 0.1) is 5.92 Å². The molecule has 1 heterocycles. The van der Waals surface area contributed by atoms with Gasteiger partial charge >= 0.3 is 12.0 Å². The summed E-state index contributed by atoms with van der Waals surface area (Å²) in [5.74, 6) is -0.569. The van der Waals surface area contributed by atoms with Gasteiger partial charge in [-0.2, -0.15) is 0 Å². The summed E-state index contributed by atoms with van der Waals surface area (Å²) in [5.41, 5.74) is 0. The van der Waals surface area contributed by atoms with E-state index < -0.39 is 18.0 Å². The van der Waals surface area contributed by atoms with E-state index in [0.717, 1.165) is 26.1 Å². The van der Waals surface area contributed by atoms with E-state index in [2.05, 4.69) is 10.6 Å². The molecular weight excluding hydrogens is 252 g/mol. The number of carbonyl (C=O) groups excluding carboxylic acids is 1. The predicted octanol–water partition coefficient (Wildman–Crippen LogP) is 0.202. The number of methoxy groups -OCH3 is 1. The summed E-state index contributed by atoms with van der Waals surface area (Å²) in [6, 6.07) is -1.38. The molecule has 1 rings (SSSR count). The molecule has 1 aliphatic rings. The molecule has 1 saturated heterocycles. The van der Waals surface area contributed by atoms with Crippen LogP contribution in [0.1, 0.15) is 19.3 Å². The van der Waals surface area contributed by atoms with E-state index in [4.69, 9.17) is 14.6 Å². The molecule has 2 amide bonds. The number of hydrogen-bond acceptors (Lipinski definition) is 4. The van der Waals surface area contributed by atoms with Crippen molar-refractivity contribution in [2.75, 3.05) is 33.5 Å². The Kier molecular flexibility index (Phi) is 7.20. The first-order valence-electron chi connectivity index (χ1n) is 6.47. The first kappa shape index (κ1) is 15.7. The number of aliphatic carboxylic acids is 1. The molecule has 0 aromatic rings. The van der Waals surface area contributed by atoms with Gasteiger partial charge in [0, 0.05) is 39.9 Å². The number of carboxylic acids is 1. The van der Waals surface area contributed by atoms with Gasteiger partial charge < -0.3 is 25.2 Å². The van der Waals surface area contributed by atoms with Crippen molar-refractivity contribution in [3.63, 3.8) is 0 Å². The van der Waals surface area contributed by atoms with Crippen LogP contribution in [0.2, 0.25) is 0 Å². The molecule has 7 nitrogen and oxygen atoms in total. The minimum Gasteiger partial charge on any atom is -0.480 e. The van der Waals surface area contributed by atoms with Gasteiger partial charge in [-0.05, 0) is 18.8 Å². The van der Waals surface area contributed by atoms with Crippen molar-refractivity contribution in [2.24, 2.45) is 5.92 Å². The van der Waals surface area contributed by atoms with E-state index in [9.17, 15) is 9.59 Å². The van der Waals surface area contributed by atoms with E-state index in [-0.39, 0.29) is 13.0 Å². The van der Waals surface area contributed by atoms with Gasteiger partial charge in [0.05, 0.1) is 0 Å². The van der Waals surface area contributed by atoms with Crippen molar-refractivity contribution in [3.05, 3.63) is 0 Å². The number of urea groups is 1. The zero-order valence-corrected chi connectivity index (χ0v) is 11.2. The van der Waals surface area contributed by atoms with Gasteiger partial charge in [0.2, 0.25) is 0 Å². The summed E-state index contributed by atoms with van der Waals surface area (Å²) < 4.78 is 10.0. The fourth-order valence-corrected chi connectivity index (χ4v) is 1.90. The summed E-state index contributed by atoms with van der Waals surface area (Å²) in [4.78, 5) is 22.4. The second-order valence-corrected chi connectivity index (χ2v) is 4.59. The number of carbonyl (C=O) groups is 2. The monoisotopic (exact) mass is 274 g/mol. The van der Waals surface area contributed by atoms with Crippen LogP contribution in [0.5, 0.6) is 0 Å². The van der Waals surface area contributed by atoms with Crippen LogP contribution in [0.15, 0.2) is 0 Å². The van der Waals surface area contributed by atoms with Crippen molar-refractivity contribution >= 4 is 12.0 Å². The quantitative estimate of drug-likeness (QED) is 0.587. The maximum absolute atomic E-state index is 11.5. The highest BCUT2D eigenvalue weighted by Gasteiger charge is 2.20. The Morgan fingerprint density at radius 3 is 2.89 bits per heavy atom. The Balaban J connectivity index is 2.17. The van der Waals surface area contributed by atoms with Crippen molar-refractivity contribution in [2.45, 2.75) is 25.3 Å². The van der Waals surface area contributed by atoms with Crippen LogP contribution in [0.4, 0.5) is 4.79 Å². The Labute approximate surface area is 112 Å². The molecule has 0 aliphatic carbocycles. The Morgan fingerprint density at radius 2 is 2.32 bits per heavy atom. The Hall–Kier alpha value is -1.34. The Morgan fingerprint density at radius 1 is 1.53 bits per heavy atom. The van der Waals surface area contributed by atoms with Gasteiger partial charge in [0.15, 0.2) is 0 Å². The van der Waals surface area contributed by atoms with Gasteiger partial charge in [-0.3, -0.25) is 0 Å². The van der Waals surface area contributed by atoms with Crippen molar-refractivity contribution in [3.8, 4) is 0 Å². The minimum absolute atomic E-state index is 0.246. The van der Waals surface area contributed by atoms with Gasteiger partial charge in [0.25, 0.3) is 0 Å². The smallest absolute Gasteiger partial charge is 0.326 e. The SMILES string of the molecule is COCCC(NC(=O)NCCC1CCOC1)C(=O)O. The minimum atomic E-state index is -1.06. The van der Waals surface area contributed by atoms with E-state index in [1.54, 1.807) is 0 Å². The van der Waals surface area contributed by atoms with Crippen LogP contribution in [-0.4, -0.2) is 56.6 Å². The third kappa shape index (κ3) is 6.40. The van der Waals surface area contributed by atoms with Crippen LogP contribution >= 0.6 is 0 Å². The lowest BCUT2D eigenvalue weighted by Crippen LogP contribution is -2.46. The third-order valence-corrected chi connectivity index (χ3v) is 3.08. The molecule has 0 aromatic carbocycles. The maximum atomic E-state index is 11.5. The lowest BCUT2D eigenvalue weighted by molar-refractivity contribution is -0.139. The van der Waals surface area contributed by atoms with E-state index in [0.29, 0.717) is 12.5 Å². The summed E-state index contributed by atoms with van der Waals surface area (Å²) in [7, 11) is 1.49. The second-order valence-electron chi connectivity index (χ2n) is 4.59. The average Bonchev–Trinajstić information content (AvgIpc) is 2.87. The van der Waals surface area contributed by atoms with Crippen molar-refractivity contribution in [1.82, 2.24) is 10.6 Å². The largest absolute Gasteiger partial charge is 0.480 e. The molecule has 0 bridgehead atoms. The number of carboxylic acid groups (broad SMARTS) is 1. The van der Waals surface area contributed by atoms with Crippen LogP contribution in [0.3, 0.4) is 0 Å². The molecule has 0 spiro atoms. The summed E-state index contributed by atoms with van der Waals surface area (Å²) in [6.45, 7) is 2.34. The number of hydrogen-bond donors (Lipinski definition) is 3. The Bertz CT molecular complexity index is 292. The molecule has 19 heavy (non-hydrogen) atoms. The van der Waals surface area contributed by atoms with Crippen LogP contribution in [-0.2, 0) is 14.3 Å². The summed E-state index contributed by atoms with van der Waals surface area (Å²) >= 11 is 0. The fourth-order valence-electron chi connectivity index (χ4n) is 1.90. The number of ether oxygens (including phenoxy) is 2. The second kappa shape index (κ2) is 8.71. The standard InChI is InChI=1S/C12H22N2O5/c1-18-6-4-10(11(15)16)14-12(17)13-5-2-9-3-7-19-8-9/h9-10H,2-8H2,1H3,(H,15,16)(H2,13,14,17). The van der Waals surface area contributed by atoms with E-state index in [1.165, 1.54) is 7.11 Å². The molecule has 2 unspecified atom stereocenters. The van der Waals surface area contributed by atoms with Gasteiger partial charge in [-0.15, -0.1) is 0 Å². The lowest BCUT2D eigenvalue weighted by atomic mass is 10.1. The van der Waals surface area contributed by atoms with Crippen LogP contribution < -0.4 is 10.6 Å². The molecule has 0 radical (unpaired) electrons. The van der Waals surface area contributed by atoms with Crippen molar-refractivity contribution in [1.29, 1.82) is 0 Å². The molecule has 3 N–H and O–H groups in total. The van der Waals surface area contributed by atoms with E-state index in [1.807, 2.05) is 0 Å². The number of nitrogens with one attached hydrogen (secondary N) is 2. The molecule has 2 atom stereocenters. The predicted molar refractivity (Wildman–Crippen MR) is 68.0 cm³/mol. The molecule has 110 valence electrons. The number of amides is 2.